The smallest absolute Gasteiger partial charge is 0.325 e. The Hall–Kier alpha value is -1.59. The van der Waals surface area contributed by atoms with Gasteiger partial charge in [-0.05, 0) is 26.2 Å². The first-order chi connectivity index (χ1) is 11.2. The van der Waals surface area contributed by atoms with Crippen LogP contribution in [-0.2, 0) is 9.59 Å². The van der Waals surface area contributed by atoms with E-state index in [1.54, 1.807) is 6.92 Å². The molecule has 2 N–H and O–H groups in total. The SMILES string of the molecule is CCCCCCCC1(C)NC(=O)N(CC(=O)NC(C)C(C)C)C1=O. The summed E-state index contributed by atoms with van der Waals surface area (Å²) in [5, 5.41) is 5.59. The first kappa shape index (κ1) is 20.5. The normalized spacial score (nSPS) is 22.0. The first-order valence-electron chi connectivity index (χ1n) is 9.14. The Morgan fingerprint density at radius 3 is 2.38 bits per heavy atom. The lowest BCUT2D eigenvalue weighted by molar-refractivity contribution is -0.135. The molecule has 138 valence electrons. The molecular formula is C18H33N3O3. The fourth-order valence-corrected chi connectivity index (χ4v) is 2.75. The Morgan fingerprint density at radius 1 is 1.17 bits per heavy atom. The number of hydrogen-bond donors (Lipinski definition) is 2. The van der Waals surface area contributed by atoms with Crippen LogP contribution in [0.1, 0.15) is 73.1 Å². The summed E-state index contributed by atoms with van der Waals surface area (Å²) in [6.45, 7) is 9.62. The minimum atomic E-state index is -0.882. The molecule has 1 saturated heterocycles. The number of carbonyl (C=O) groups excluding carboxylic acids is 3. The van der Waals surface area contributed by atoms with Gasteiger partial charge in [0.05, 0.1) is 0 Å². The van der Waals surface area contributed by atoms with Crippen LogP contribution in [0.2, 0.25) is 0 Å². The van der Waals surface area contributed by atoms with Gasteiger partial charge in [-0.3, -0.25) is 14.5 Å². The maximum atomic E-state index is 12.6. The van der Waals surface area contributed by atoms with E-state index in [9.17, 15) is 14.4 Å². The van der Waals surface area contributed by atoms with Gasteiger partial charge < -0.3 is 10.6 Å². The van der Waals surface area contributed by atoms with E-state index < -0.39 is 11.6 Å². The molecule has 0 aromatic heterocycles. The number of rotatable bonds is 10. The second kappa shape index (κ2) is 9.04. The van der Waals surface area contributed by atoms with Crippen molar-refractivity contribution in [3.63, 3.8) is 0 Å². The van der Waals surface area contributed by atoms with Crippen molar-refractivity contribution < 1.29 is 14.4 Å². The molecule has 1 aliphatic rings. The Bertz CT molecular complexity index is 464. The molecule has 6 nitrogen and oxygen atoms in total. The van der Waals surface area contributed by atoms with Crippen molar-refractivity contribution in [3.05, 3.63) is 0 Å². The molecular weight excluding hydrogens is 306 g/mol. The fourth-order valence-electron chi connectivity index (χ4n) is 2.75. The van der Waals surface area contributed by atoms with E-state index in [2.05, 4.69) is 17.6 Å². The highest BCUT2D eigenvalue weighted by Crippen LogP contribution is 2.24. The zero-order valence-electron chi connectivity index (χ0n) is 15.8. The van der Waals surface area contributed by atoms with E-state index in [0.29, 0.717) is 12.3 Å². The molecule has 1 heterocycles. The predicted molar refractivity (Wildman–Crippen MR) is 94.5 cm³/mol. The summed E-state index contributed by atoms with van der Waals surface area (Å²) in [5.41, 5.74) is -0.882. The zero-order valence-corrected chi connectivity index (χ0v) is 15.8. The Balaban J connectivity index is 2.54. The molecule has 24 heavy (non-hydrogen) atoms. The minimum Gasteiger partial charge on any atom is -0.352 e. The van der Waals surface area contributed by atoms with Crippen LogP contribution >= 0.6 is 0 Å². The van der Waals surface area contributed by atoms with Crippen molar-refractivity contribution in [2.24, 2.45) is 5.92 Å². The maximum absolute atomic E-state index is 12.6. The molecule has 0 aliphatic carbocycles. The Labute approximate surface area is 145 Å². The highest BCUT2D eigenvalue weighted by atomic mass is 16.2. The second-order valence-electron chi connectivity index (χ2n) is 7.42. The lowest BCUT2D eigenvalue weighted by atomic mass is 9.94. The van der Waals surface area contributed by atoms with Crippen molar-refractivity contribution in [3.8, 4) is 0 Å². The molecule has 0 bridgehead atoms. The summed E-state index contributed by atoms with van der Waals surface area (Å²) in [5.74, 6) is -0.298. The van der Waals surface area contributed by atoms with Gasteiger partial charge in [-0.2, -0.15) is 0 Å². The highest BCUT2D eigenvalue weighted by molar-refractivity contribution is 6.08. The van der Waals surface area contributed by atoms with E-state index in [4.69, 9.17) is 0 Å². The van der Waals surface area contributed by atoms with E-state index in [-0.39, 0.29) is 24.4 Å². The van der Waals surface area contributed by atoms with Crippen LogP contribution in [0.4, 0.5) is 4.79 Å². The number of carbonyl (C=O) groups is 3. The third-order valence-electron chi connectivity index (χ3n) is 4.82. The van der Waals surface area contributed by atoms with Crippen molar-refractivity contribution in [2.45, 2.75) is 84.7 Å². The average Bonchev–Trinajstić information content (AvgIpc) is 2.70. The summed E-state index contributed by atoms with van der Waals surface area (Å²) in [4.78, 5) is 37.8. The van der Waals surface area contributed by atoms with Gasteiger partial charge in [0.25, 0.3) is 5.91 Å². The molecule has 0 saturated carbocycles. The summed E-state index contributed by atoms with van der Waals surface area (Å²) in [6, 6.07) is -0.466. The largest absolute Gasteiger partial charge is 0.352 e. The number of urea groups is 1. The molecule has 1 fully saturated rings. The van der Waals surface area contributed by atoms with Gasteiger partial charge in [0, 0.05) is 6.04 Å². The van der Waals surface area contributed by atoms with Gasteiger partial charge in [0.1, 0.15) is 12.1 Å². The lowest BCUT2D eigenvalue weighted by Crippen LogP contribution is -2.46. The Kier molecular flexibility index (Phi) is 7.70. The highest BCUT2D eigenvalue weighted by Gasteiger charge is 2.47. The van der Waals surface area contributed by atoms with Gasteiger partial charge in [-0.15, -0.1) is 0 Å². The number of nitrogens with one attached hydrogen (secondary N) is 2. The van der Waals surface area contributed by atoms with E-state index >= 15 is 0 Å². The number of nitrogens with zero attached hydrogens (tertiary/aromatic N) is 1. The van der Waals surface area contributed by atoms with Gasteiger partial charge in [0.2, 0.25) is 5.91 Å². The summed E-state index contributed by atoms with van der Waals surface area (Å²) in [6.07, 6.45) is 6.07. The average molecular weight is 339 g/mol. The van der Waals surface area contributed by atoms with Crippen molar-refractivity contribution >= 4 is 17.8 Å². The number of unbranched alkanes of at least 4 members (excludes halogenated alkanes) is 4. The third-order valence-corrected chi connectivity index (χ3v) is 4.82. The van der Waals surface area contributed by atoms with Gasteiger partial charge >= 0.3 is 6.03 Å². The van der Waals surface area contributed by atoms with Crippen LogP contribution in [0, 0.1) is 5.92 Å². The molecule has 4 amide bonds. The zero-order chi connectivity index (χ0) is 18.3. The van der Waals surface area contributed by atoms with Crippen molar-refractivity contribution in [1.29, 1.82) is 0 Å². The van der Waals surface area contributed by atoms with Crippen LogP contribution in [0.15, 0.2) is 0 Å². The van der Waals surface area contributed by atoms with E-state index in [1.807, 2.05) is 20.8 Å². The van der Waals surface area contributed by atoms with E-state index in [0.717, 1.165) is 24.2 Å². The molecule has 2 atom stereocenters. The number of hydrogen-bond acceptors (Lipinski definition) is 3. The molecule has 0 spiro atoms. The minimum absolute atomic E-state index is 0.00298. The summed E-state index contributed by atoms with van der Waals surface area (Å²) >= 11 is 0. The molecule has 2 unspecified atom stereocenters. The maximum Gasteiger partial charge on any atom is 0.325 e. The lowest BCUT2D eigenvalue weighted by Gasteiger charge is -2.22. The van der Waals surface area contributed by atoms with Crippen LogP contribution < -0.4 is 10.6 Å². The summed E-state index contributed by atoms with van der Waals surface area (Å²) in [7, 11) is 0. The quantitative estimate of drug-likeness (QED) is 0.474. The molecule has 1 aliphatic heterocycles. The fraction of sp³-hybridized carbons (Fsp3) is 0.833. The van der Waals surface area contributed by atoms with Gasteiger partial charge in [-0.1, -0.05) is 52.9 Å². The molecule has 0 radical (unpaired) electrons. The Morgan fingerprint density at radius 2 is 1.79 bits per heavy atom. The molecule has 0 aromatic rings. The van der Waals surface area contributed by atoms with Crippen LogP contribution in [-0.4, -0.2) is 40.9 Å². The topological polar surface area (TPSA) is 78.5 Å². The first-order valence-corrected chi connectivity index (χ1v) is 9.14. The second-order valence-corrected chi connectivity index (χ2v) is 7.42. The van der Waals surface area contributed by atoms with Gasteiger partial charge in [0.15, 0.2) is 0 Å². The standard InChI is InChI=1S/C18H33N3O3/c1-6-7-8-9-10-11-18(5)16(23)21(17(24)20-18)12-15(22)19-14(4)13(2)3/h13-14H,6-12H2,1-5H3,(H,19,22)(H,20,24). The predicted octanol–water partition coefficient (Wildman–Crippen LogP) is 2.82. The van der Waals surface area contributed by atoms with Crippen molar-refractivity contribution in [2.75, 3.05) is 6.54 Å². The third kappa shape index (κ3) is 5.49. The van der Waals surface area contributed by atoms with Gasteiger partial charge in [-0.25, -0.2) is 4.79 Å². The monoisotopic (exact) mass is 339 g/mol. The number of amides is 4. The van der Waals surface area contributed by atoms with Crippen LogP contribution in [0.3, 0.4) is 0 Å². The molecule has 6 heteroatoms. The number of imide groups is 1. The van der Waals surface area contributed by atoms with E-state index in [1.165, 1.54) is 12.8 Å². The van der Waals surface area contributed by atoms with Crippen LogP contribution in [0.5, 0.6) is 0 Å². The summed E-state index contributed by atoms with van der Waals surface area (Å²) < 4.78 is 0. The molecule has 1 rings (SSSR count). The molecule has 0 aromatic carbocycles. The van der Waals surface area contributed by atoms with Crippen LogP contribution in [0.25, 0.3) is 0 Å². The van der Waals surface area contributed by atoms with Crippen molar-refractivity contribution in [1.82, 2.24) is 15.5 Å².